The molecule has 2 atom stereocenters. The molecular weight excluding hydrogens is 404 g/mol. The molecule has 31 heavy (non-hydrogen) atoms. The molecule has 5 rings (SSSR count). The quantitative estimate of drug-likeness (QED) is 0.647. The number of nitrogens with zero attached hydrogens (tertiary/aromatic N) is 3. The molecule has 0 spiro atoms. The van der Waals surface area contributed by atoms with Gasteiger partial charge in [-0.15, -0.1) is 11.3 Å². The van der Waals surface area contributed by atoms with E-state index in [2.05, 4.69) is 53.7 Å². The summed E-state index contributed by atoms with van der Waals surface area (Å²) in [7, 11) is 1.70. The van der Waals surface area contributed by atoms with Crippen LogP contribution in [0.15, 0.2) is 59.0 Å². The highest BCUT2D eigenvalue weighted by Gasteiger charge is 2.48. The third kappa shape index (κ3) is 3.35. The summed E-state index contributed by atoms with van der Waals surface area (Å²) in [6, 6.07) is 14.6. The van der Waals surface area contributed by atoms with E-state index in [1.54, 1.807) is 24.6 Å². The lowest BCUT2D eigenvalue weighted by atomic mass is 9.77. The molecule has 0 saturated heterocycles. The van der Waals surface area contributed by atoms with Gasteiger partial charge in [0.15, 0.2) is 5.96 Å². The molecule has 2 aliphatic rings. The van der Waals surface area contributed by atoms with E-state index in [0.717, 1.165) is 27.3 Å². The Bertz CT molecular complexity index is 1180. The van der Waals surface area contributed by atoms with Crippen LogP contribution in [0.1, 0.15) is 53.2 Å². The first-order valence-corrected chi connectivity index (χ1v) is 11.5. The molecule has 1 aliphatic heterocycles. The number of carbonyl (C=O) groups is 1. The summed E-state index contributed by atoms with van der Waals surface area (Å²) in [4.78, 5) is 25.3. The van der Waals surface area contributed by atoms with Gasteiger partial charge >= 0.3 is 0 Å². The standard InChI is InChI=1S/C25H26N4OS/c1-15-5-4-12-27-22(15)19-13-20(31-14-19)25(2)21(23(30)29(3)24(26)28-25)18-10-8-17(9-11-18)16-6-7-16/h4-5,8-14,16,21H,6-7H2,1-3H3,(H2,26,28)/t21?,25-/m1/s1. The van der Waals surface area contributed by atoms with Crippen LogP contribution in [0.2, 0.25) is 0 Å². The van der Waals surface area contributed by atoms with Gasteiger partial charge in [-0.25, -0.2) is 4.99 Å². The molecule has 0 radical (unpaired) electrons. The third-order valence-electron chi connectivity index (χ3n) is 6.53. The first kappa shape index (κ1) is 19.9. The van der Waals surface area contributed by atoms with Crippen LogP contribution in [0.3, 0.4) is 0 Å². The maximum Gasteiger partial charge on any atom is 0.239 e. The van der Waals surface area contributed by atoms with Gasteiger partial charge in [0.25, 0.3) is 0 Å². The number of guanidine groups is 1. The molecule has 1 unspecified atom stereocenters. The van der Waals surface area contributed by atoms with Gasteiger partial charge in [0.05, 0.1) is 11.6 Å². The molecule has 1 aromatic carbocycles. The van der Waals surface area contributed by atoms with Crippen LogP contribution in [0.5, 0.6) is 0 Å². The molecule has 3 heterocycles. The van der Waals surface area contributed by atoms with E-state index in [4.69, 9.17) is 10.7 Å². The highest BCUT2D eigenvalue weighted by molar-refractivity contribution is 7.10. The minimum absolute atomic E-state index is 0.0295. The Morgan fingerprint density at radius 1 is 1.16 bits per heavy atom. The summed E-state index contributed by atoms with van der Waals surface area (Å²) in [5.74, 6) is 0.468. The average molecular weight is 431 g/mol. The summed E-state index contributed by atoms with van der Waals surface area (Å²) >= 11 is 1.61. The summed E-state index contributed by atoms with van der Waals surface area (Å²) < 4.78 is 0. The fourth-order valence-corrected chi connectivity index (χ4v) is 5.51. The van der Waals surface area contributed by atoms with Crippen LogP contribution in [0, 0.1) is 6.92 Å². The number of aryl methyl sites for hydroxylation is 1. The van der Waals surface area contributed by atoms with Crippen LogP contribution in [0.25, 0.3) is 11.3 Å². The number of hydrogen-bond acceptors (Lipinski definition) is 5. The van der Waals surface area contributed by atoms with Gasteiger partial charge in [-0.3, -0.25) is 14.7 Å². The first-order valence-electron chi connectivity index (χ1n) is 10.6. The lowest BCUT2D eigenvalue weighted by Crippen LogP contribution is -2.52. The summed E-state index contributed by atoms with van der Waals surface area (Å²) in [5.41, 5.74) is 10.9. The van der Waals surface area contributed by atoms with Crippen molar-refractivity contribution in [3.63, 3.8) is 0 Å². The predicted molar refractivity (Wildman–Crippen MR) is 125 cm³/mol. The Morgan fingerprint density at radius 2 is 1.87 bits per heavy atom. The molecule has 1 aliphatic carbocycles. The molecule has 5 nitrogen and oxygen atoms in total. The molecule has 158 valence electrons. The lowest BCUT2D eigenvalue weighted by Gasteiger charge is -2.40. The molecular formula is C25H26N4OS. The van der Waals surface area contributed by atoms with Gasteiger partial charge in [0, 0.05) is 29.1 Å². The third-order valence-corrected chi connectivity index (χ3v) is 7.69. The first-order chi connectivity index (χ1) is 14.9. The molecule has 2 aromatic heterocycles. The van der Waals surface area contributed by atoms with Crippen LogP contribution in [-0.4, -0.2) is 28.8 Å². The van der Waals surface area contributed by atoms with Crippen LogP contribution in [-0.2, 0) is 10.3 Å². The molecule has 3 aromatic rings. The van der Waals surface area contributed by atoms with Crippen molar-refractivity contribution < 1.29 is 4.79 Å². The van der Waals surface area contributed by atoms with E-state index >= 15 is 0 Å². The zero-order valence-electron chi connectivity index (χ0n) is 18.0. The number of benzene rings is 1. The van der Waals surface area contributed by atoms with E-state index in [9.17, 15) is 4.79 Å². The summed E-state index contributed by atoms with van der Waals surface area (Å²) in [6.45, 7) is 4.08. The second kappa shape index (κ2) is 7.31. The van der Waals surface area contributed by atoms with E-state index < -0.39 is 11.5 Å². The Morgan fingerprint density at radius 3 is 2.55 bits per heavy atom. The monoisotopic (exact) mass is 430 g/mol. The SMILES string of the molecule is Cc1cccnc1-c1csc([C@@]2(C)N=C(N)N(C)C(=O)C2c2ccc(C3CC3)cc2)c1. The Balaban J connectivity index is 1.60. The number of thiophene rings is 1. The van der Waals surface area contributed by atoms with Crippen molar-refractivity contribution in [2.75, 3.05) is 7.05 Å². The number of aromatic nitrogens is 1. The average Bonchev–Trinajstić information content (AvgIpc) is 3.49. The van der Waals surface area contributed by atoms with E-state index in [0.29, 0.717) is 5.92 Å². The molecule has 1 amide bonds. The maximum atomic E-state index is 13.4. The van der Waals surface area contributed by atoms with E-state index in [1.807, 2.05) is 13.0 Å². The van der Waals surface area contributed by atoms with Gasteiger partial charge in [-0.05, 0) is 61.4 Å². The number of aliphatic imine (C=N–C) groups is 1. The van der Waals surface area contributed by atoms with Gasteiger partial charge < -0.3 is 5.73 Å². The highest BCUT2D eigenvalue weighted by atomic mass is 32.1. The summed E-state index contributed by atoms with van der Waals surface area (Å²) in [5, 5.41) is 2.09. The Kier molecular flexibility index (Phi) is 4.70. The fraction of sp³-hybridized carbons (Fsp3) is 0.320. The van der Waals surface area contributed by atoms with Gasteiger partial charge in [0.2, 0.25) is 5.91 Å². The van der Waals surface area contributed by atoms with Crippen molar-refractivity contribution in [3.05, 3.63) is 75.6 Å². The van der Waals surface area contributed by atoms with Gasteiger partial charge in [0.1, 0.15) is 5.54 Å². The molecule has 1 fully saturated rings. The number of nitrogens with two attached hydrogens (primary N) is 1. The molecule has 1 saturated carbocycles. The topological polar surface area (TPSA) is 71.6 Å². The largest absolute Gasteiger partial charge is 0.369 e. The van der Waals surface area contributed by atoms with Crippen molar-refractivity contribution in [1.29, 1.82) is 0 Å². The van der Waals surface area contributed by atoms with Crippen molar-refractivity contribution in [2.45, 2.75) is 44.1 Å². The minimum atomic E-state index is -0.777. The lowest BCUT2D eigenvalue weighted by molar-refractivity contribution is -0.130. The van der Waals surface area contributed by atoms with Crippen molar-refractivity contribution in [1.82, 2.24) is 9.88 Å². The van der Waals surface area contributed by atoms with Gasteiger partial charge in [-0.2, -0.15) is 0 Å². The number of carbonyl (C=O) groups excluding carboxylic acids is 1. The van der Waals surface area contributed by atoms with Crippen LogP contribution < -0.4 is 5.73 Å². The Hall–Kier alpha value is -2.99. The zero-order chi connectivity index (χ0) is 21.8. The second-order valence-corrected chi connectivity index (χ2v) is 9.67. The fourth-order valence-electron chi connectivity index (χ4n) is 4.48. The molecule has 6 heteroatoms. The number of amides is 1. The number of pyridine rings is 1. The molecule has 2 N–H and O–H groups in total. The normalized spacial score (nSPS) is 23.7. The Labute approximate surface area is 186 Å². The van der Waals surface area contributed by atoms with E-state index in [1.165, 1.54) is 23.3 Å². The van der Waals surface area contributed by atoms with Crippen molar-refractivity contribution in [3.8, 4) is 11.3 Å². The van der Waals surface area contributed by atoms with Crippen LogP contribution in [0.4, 0.5) is 0 Å². The maximum absolute atomic E-state index is 13.4. The zero-order valence-corrected chi connectivity index (χ0v) is 18.8. The number of hydrogen-bond donors (Lipinski definition) is 1. The predicted octanol–water partition coefficient (Wildman–Crippen LogP) is 4.78. The summed E-state index contributed by atoms with van der Waals surface area (Å²) in [6.07, 6.45) is 4.32. The number of rotatable bonds is 4. The van der Waals surface area contributed by atoms with Crippen LogP contribution >= 0.6 is 11.3 Å². The smallest absolute Gasteiger partial charge is 0.239 e. The second-order valence-electron chi connectivity index (χ2n) is 8.76. The van der Waals surface area contributed by atoms with E-state index in [-0.39, 0.29) is 11.9 Å². The molecule has 0 bridgehead atoms. The number of likely N-dealkylation sites (N-methyl/N-ethyl adjacent to an activating group) is 1. The van der Waals surface area contributed by atoms with Gasteiger partial charge in [-0.1, -0.05) is 30.3 Å². The van der Waals surface area contributed by atoms with Crippen molar-refractivity contribution >= 4 is 23.2 Å². The highest BCUT2D eigenvalue weighted by Crippen LogP contribution is 2.47. The minimum Gasteiger partial charge on any atom is -0.369 e. The van der Waals surface area contributed by atoms with Crippen molar-refractivity contribution in [2.24, 2.45) is 10.7 Å².